The van der Waals surface area contributed by atoms with Gasteiger partial charge >= 0.3 is 0 Å². The summed E-state index contributed by atoms with van der Waals surface area (Å²) in [7, 11) is 0. The zero-order valence-corrected chi connectivity index (χ0v) is 17.2. The second-order valence-corrected chi connectivity index (χ2v) is 9.46. The summed E-state index contributed by atoms with van der Waals surface area (Å²) in [5.74, 6) is 1.57. The van der Waals surface area contributed by atoms with E-state index in [2.05, 4.69) is 48.8 Å². The highest BCUT2D eigenvalue weighted by Crippen LogP contribution is 2.44. The number of rotatable bonds is 5. The standard InChI is InChI=1S/C24H33NS/c1-17-8-9-20(16-18(17)2)21-10-11-23(22-13-15-26-24(21)22)25-14-12-19-6-4-3-5-7-19/h8-9,13,15-16,19,21,23,25H,3-7,10-12,14H2,1-2H3. The number of hydrogen-bond donors (Lipinski definition) is 1. The number of hydrogen-bond acceptors (Lipinski definition) is 2. The molecule has 2 aliphatic carbocycles. The van der Waals surface area contributed by atoms with Crippen molar-refractivity contribution in [3.8, 4) is 0 Å². The Balaban J connectivity index is 1.42. The van der Waals surface area contributed by atoms with Crippen LogP contribution in [0.2, 0.25) is 0 Å². The van der Waals surface area contributed by atoms with Crippen LogP contribution in [0.25, 0.3) is 0 Å². The number of benzene rings is 1. The summed E-state index contributed by atoms with van der Waals surface area (Å²) in [5, 5.41) is 6.22. The monoisotopic (exact) mass is 367 g/mol. The van der Waals surface area contributed by atoms with Crippen LogP contribution in [-0.2, 0) is 0 Å². The van der Waals surface area contributed by atoms with Gasteiger partial charge in [-0.25, -0.2) is 0 Å². The molecule has 0 radical (unpaired) electrons. The fourth-order valence-corrected chi connectivity index (χ4v) is 6.10. The molecule has 1 heterocycles. The largest absolute Gasteiger partial charge is 0.310 e. The lowest BCUT2D eigenvalue weighted by molar-refractivity contribution is 0.323. The van der Waals surface area contributed by atoms with Crippen LogP contribution in [-0.4, -0.2) is 6.54 Å². The normalized spacial score (nSPS) is 23.8. The van der Waals surface area contributed by atoms with Crippen molar-refractivity contribution in [3.63, 3.8) is 0 Å². The van der Waals surface area contributed by atoms with E-state index in [1.54, 1.807) is 10.4 Å². The van der Waals surface area contributed by atoms with Gasteiger partial charge in [0.25, 0.3) is 0 Å². The highest BCUT2D eigenvalue weighted by Gasteiger charge is 2.29. The number of aryl methyl sites for hydroxylation is 2. The molecule has 4 rings (SSSR count). The molecule has 1 aromatic heterocycles. The SMILES string of the molecule is Cc1ccc(C2CCC(NCCC3CCCCC3)c3ccsc32)cc1C. The van der Waals surface area contributed by atoms with E-state index in [4.69, 9.17) is 0 Å². The van der Waals surface area contributed by atoms with E-state index in [1.807, 2.05) is 11.3 Å². The minimum Gasteiger partial charge on any atom is -0.310 e. The van der Waals surface area contributed by atoms with Crippen molar-refractivity contribution in [1.82, 2.24) is 5.32 Å². The number of thiophene rings is 1. The average Bonchev–Trinajstić information content (AvgIpc) is 3.15. The topological polar surface area (TPSA) is 12.0 Å². The van der Waals surface area contributed by atoms with Crippen LogP contribution in [0.1, 0.15) is 90.5 Å². The van der Waals surface area contributed by atoms with Crippen LogP contribution in [0.4, 0.5) is 0 Å². The van der Waals surface area contributed by atoms with Crippen molar-refractivity contribution in [1.29, 1.82) is 0 Å². The van der Waals surface area contributed by atoms with E-state index in [0.29, 0.717) is 12.0 Å². The first-order valence-electron chi connectivity index (χ1n) is 10.6. The molecule has 140 valence electrons. The van der Waals surface area contributed by atoms with Gasteiger partial charge in [0.15, 0.2) is 0 Å². The molecule has 2 aliphatic rings. The Morgan fingerprint density at radius 3 is 2.62 bits per heavy atom. The fourth-order valence-electron chi connectivity index (χ4n) is 4.97. The van der Waals surface area contributed by atoms with Crippen LogP contribution >= 0.6 is 11.3 Å². The third-order valence-corrected chi connectivity index (χ3v) is 7.81. The number of fused-ring (bicyclic) bond motifs is 1. The molecule has 2 atom stereocenters. The molecule has 26 heavy (non-hydrogen) atoms. The molecule has 2 heteroatoms. The van der Waals surface area contributed by atoms with E-state index in [-0.39, 0.29) is 0 Å². The zero-order chi connectivity index (χ0) is 17.9. The molecular weight excluding hydrogens is 334 g/mol. The Hall–Kier alpha value is -1.12. The second kappa shape index (κ2) is 8.27. The predicted octanol–water partition coefficient (Wildman–Crippen LogP) is 6.89. The summed E-state index contributed by atoms with van der Waals surface area (Å²) in [5.41, 5.74) is 5.91. The van der Waals surface area contributed by atoms with Gasteiger partial charge in [0, 0.05) is 16.8 Å². The van der Waals surface area contributed by atoms with Crippen molar-refractivity contribution in [2.45, 2.75) is 77.2 Å². The Morgan fingerprint density at radius 2 is 1.81 bits per heavy atom. The molecule has 0 spiro atoms. The first kappa shape index (κ1) is 18.3. The summed E-state index contributed by atoms with van der Waals surface area (Å²) in [6.45, 7) is 5.65. The molecule has 2 aromatic rings. The third-order valence-electron chi connectivity index (χ3n) is 6.76. The fraction of sp³-hybridized carbons (Fsp3) is 0.583. The first-order valence-corrected chi connectivity index (χ1v) is 11.5. The summed E-state index contributed by atoms with van der Waals surface area (Å²) in [6, 6.07) is 10.0. The molecule has 1 N–H and O–H groups in total. The minimum atomic E-state index is 0.572. The predicted molar refractivity (Wildman–Crippen MR) is 113 cm³/mol. The highest BCUT2D eigenvalue weighted by molar-refractivity contribution is 7.10. The summed E-state index contributed by atoms with van der Waals surface area (Å²) < 4.78 is 0. The van der Waals surface area contributed by atoms with Gasteiger partial charge in [0.05, 0.1) is 0 Å². The second-order valence-electron chi connectivity index (χ2n) is 8.51. The Labute approximate surface area is 163 Å². The van der Waals surface area contributed by atoms with E-state index in [0.717, 1.165) is 5.92 Å². The van der Waals surface area contributed by atoms with E-state index in [1.165, 1.54) is 74.6 Å². The highest BCUT2D eigenvalue weighted by atomic mass is 32.1. The van der Waals surface area contributed by atoms with Crippen molar-refractivity contribution >= 4 is 11.3 Å². The van der Waals surface area contributed by atoms with Crippen LogP contribution in [0, 0.1) is 19.8 Å². The van der Waals surface area contributed by atoms with Crippen molar-refractivity contribution in [2.24, 2.45) is 5.92 Å². The smallest absolute Gasteiger partial charge is 0.0331 e. The quantitative estimate of drug-likeness (QED) is 0.606. The minimum absolute atomic E-state index is 0.572. The molecular formula is C24H33NS. The van der Waals surface area contributed by atoms with Crippen LogP contribution in [0.5, 0.6) is 0 Å². The lowest BCUT2D eigenvalue weighted by Gasteiger charge is -2.31. The van der Waals surface area contributed by atoms with Crippen molar-refractivity contribution in [2.75, 3.05) is 6.54 Å². The van der Waals surface area contributed by atoms with E-state index < -0.39 is 0 Å². The molecule has 1 nitrogen and oxygen atoms in total. The maximum Gasteiger partial charge on any atom is 0.0331 e. The average molecular weight is 368 g/mol. The molecule has 1 aromatic carbocycles. The summed E-state index contributed by atoms with van der Waals surface area (Å²) in [6.07, 6.45) is 11.2. The summed E-state index contributed by atoms with van der Waals surface area (Å²) >= 11 is 1.96. The molecule has 1 fully saturated rings. The maximum absolute atomic E-state index is 3.91. The number of nitrogens with one attached hydrogen (secondary N) is 1. The van der Waals surface area contributed by atoms with Crippen LogP contribution < -0.4 is 5.32 Å². The lowest BCUT2D eigenvalue weighted by atomic mass is 9.81. The van der Waals surface area contributed by atoms with Crippen LogP contribution in [0.3, 0.4) is 0 Å². The zero-order valence-electron chi connectivity index (χ0n) is 16.4. The molecule has 1 saturated carbocycles. The lowest BCUT2D eigenvalue weighted by Crippen LogP contribution is -2.28. The molecule has 0 saturated heterocycles. The van der Waals surface area contributed by atoms with Gasteiger partial charge in [-0.2, -0.15) is 0 Å². The maximum atomic E-state index is 3.91. The van der Waals surface area contributed by atoms with Gasteiger partial charge in [0.2, 0.25) is 0 Å². The first-order chi connectivity index (χ1) is 12.7. The Bertz CT molecular complexity index is 726. The van der Waals surface area contributed by atoms with Crippen molar-refractivity contribution < 1.29 is 0 Å². The van der Waals surface area contributed by atoms with Gasteiger partial charge in [-0.3, -0.25) is 0 Å². The molecule has 0 bridgehead atoms. The van der Waals surface area contributed by atoms with Crippen molar-refractivity contribution in [3.05, 3.63) is 56.8 Å². The van der Waals surface area contributed by atoms with Gasteiger partial charge in [0.1, 0.15) is 0 Å². The molecule has 2 unspecified atom stereocenters. The molecule has 0 amide bonds. The third kappa shape index (κ3) is 3.92. The van der Waals surface area contributed by atoms with Gasteiger partial charge in [-0.05, 0) is 79.3 Å². The van der Waals surface area contributed by atoms with Gasteiger partial charge < -0.3 is 5.32 Å². The summed E-state index contributed by atoms with van der Waals surface area (Å²) in [4.78, 5) is 1.61. The van der Waals surface area contributed by atoms with Gasteiger partial charge in [-0.1, -0.05) is 50.3 Å². The van der Waals surface area contributed by atoms with Crippen LogP contribution in [0.15, 0.2) is 29.6 Å². The van der Waals surface area contributed by atoms with E-state index >= 15 is 0 Å². The van der Waals surface area contributed by atoms with E-state index in [9.17, 15) is 0 Å². The Kier molecular flexibility index (Phi) is 5.81. The Morgan fingerprint density at radius 1 is 0.962 bits per heavy atom. The molecule has 0 aliphatic heterocycles. The van der Waals surface area contributed by atoms with Gasteiger partial charge in [-0.15, -0.1) is 11.3 Å².